The third-order valence-corrected chi connectivity index (χ3v) is 0. The molecule has 0 aliphatic carbocycles. The first-order valence-electron chi connectivity index (χ1n) is 0.667. The molecule has 0 saturated heterocycles. The second-order valence-corrected chi connectivity index (χ2v) is 1.22. The third kappa shape index (κ3) is 728. The Morgan fingerprint density at radius 3 is 1.14 bits per heavy atom. The Morgan fingerprint density at radius 2 is 1.14 bits per heavy atom. The van der Waals surface area contributed by atoms with Crippen molar-refractivity contribution >= 4 is 10.4 Å². The van der Waals surface area contributed by atoms with Crippen molar-refractivity contribution in [1.82, 2.24) is 0 Å². The summed E-state index contributed by atoms with van der Waals surface area (Å²) < 4.78 is 34.1. The van der Waals surface area contributed by atoms with E-state index in [0.717, 1.165) is 0 Å². The van der Waals surface area contributed by atoms with Crippen LogP contribution in [0.15, 0.2) is 0 Å². The first-order chi connectivity index (χ1) is 2.00. The molecule has 43 valence electrons. The van der Waals surface area contributed by atoms with Crippen LogP contribution in [0.1, 0.15) is 0 Å². The molecule has 0 aromatic heterocycles. The molecule has 0 amide bonds. The van der Waals surface area contributed by atoms with E-state index in [0.29, 0.717) is 0 Å². The smallest absolute Gasteiger partial charge is 0.759 e. The van der Waals surface area contributed by atoms with Crippen molar-refractivity contribution < 1.29 is 41.6 Å². The average molecular weight is 165 g/mol. The van der Waals surface area contributed by atoms with Crippen molar-refractivity contribution in [2.75, 3.05) is 0 Å². The van der Waals surface area contributed by atoms with Crippen LogP contribution in [0, 0.1) is 0 Å². The van der Waals surface area contributed by atoms with Crippen LogP contribution in [0.2, 0.25) is 0 Å². The van der Waals surface area contributed by atoms with E-state index in [9.17, 15) is 0 Å². The van der Waals surface area contributed by atoms with Gasteiger partial charge in [0, 0.05) is 10.4 Å². The molecule has 0 aliphatic rings. The Balaban J connectivity index is -0.0000000800. The Labute approximate surface area is 52.5 Å². The summed E-state index contributed by atoms with van der Waals surface area (Å²) >= 11 is 0. The van der Waals surface area contributed by atoms with Crippen molar-refractivity contribution in [3.05, 3.63) is 0 Å². The van der Waals surface area contributed by atoms with E-state index in [2.05, 4.69) is 0 Å². The molecule has 0 aliphatic heterocycles. The van der Waals surface area contributed by atoms with Gasteiger partial charge in [-0.25, -0.2) is 0 Å². The van der Waals surface area contributed by atoms with Gasteiger partial charge in [-0.15, -0.1) is 0 Å². The summed E-state index contributed by atoms with van der Waals surface area (Å²) in [6.45, 7) is 0. The van der Waals surface area contributed by atoms with E-state index >= 15 is 0 Å². The van der Waals surface area contributed by atoms with E-state index in [1.807, 2.05) is 0 Å². The number of rotatable bonds is 0. The molecule has 0 unspecified atom stereocenters. The third-order valence-electron chi connectivity index (χ3n) is 0. The molecule has 7 heavy (non-hydrogen) atoms. The number of hydrogen-bond acceptors (Lipinski definition) is 4. The monoisotopic (exact) mass is 165 g/mol. The Hall–Kier alpha value is 0.414. The minimum Gasteiger partial charge on any atom is -0.759 e. The summed E-state index contributed by atoms with van der Waals surface area (Å²) in [5.74, 6) is 0. The van der Waals surface area contributed by atoms with Gasteiger partial charge in [-0.2, -0.15) is 0 Å². The maximum Gasteiger partial charge on any atom is 2.00 e. The summed E-state index contributed by atoms with van der Waals surface area (Å²) in [5, 5.41) is 0. The second-order valence-electron chi connectivity index (χ2n) is 0.408. The predicted octanol–water partition coefficient (Wildman–Crippen LogP) is -2.17. The molecule has 0 fully saturated rings. The van der Waals surface area contributed by atoms with Gasteiger partial charge in [0.15, 0.2) is 0 Å². The van der Waals surface area contributed by atoms with Gasteiger partial charge in [0.1, 0.15) is 0 Å². The standard InChI is InChI=1S/H2O4S.H2O.V/c1-5(2,3)4;;/h(H2,1,2,3,4);1H2;/q;;+2/p-2. The van der Waals surface area contributed by atoms with Gasteiger partial charge in [-0.3, -0.25) is 8.42 Å². The second kappa shape index (κ2) is 4.57. The van der Waals surface area contributed by atoms with Gasteiger partial charge in [0.2, 0.25) is 0 Å². The van der Waals surface area contributed by atoms with Crippen LogP contribution in [-0.2, 0) is 29.0 Å². The van der Waals surface area contributed by atoms with Crippen molar-refractivity contribution in [3.63, 3.8) is 0 Å². The molecule has 0 bridgehead atoms. The summed E-state index contributed by atoms with van der Waals surface area (Å²) in [7, 11) is -5.17. The van der Waals surface area contributed by atoms with E-state index in [4.69, 9.17) is 17.5 Å². The average Bonchev–Trinajstić information content (AvgIpc) is 0.722. The van der Waals surface area contributed by atoms with Gasteiger partial charge in [-0.1, -0.05) is 0 Å². The number of hydrogen-bond donors (Lipinski definition) is 0. The first kappa shape index (κ1) is 15.7. The molecule has 0 aromatic rings. The Bertz CT molecular complexity index is 91.2. The van der Waals surface area contributed by atoms with Crippen LogP contribution in [0.4, 0.5) is 0 Å². The van der Waals surface area contributed by atoms with Gasteiger partial charge >= 0.3 is 18.6 Å². The van der Waals surface area contributed by atoms with Crippen molar-refractivity contribution in [1.29, 1.82) is 0 Å². The van der Waals surface area contributed by atoms with Crippen LogP contribution in [0.5, 0.6) is 0 Å². The minimum atomic E-state index is -5.17. The maximum atomic E-state index is 8.52. The van der Waals surface area contributed by atoms with Gasteiger partial charge in [0.25, 0.3) is 0 Å². The van der Waals surface area contributed by atoms with E-state index in [1.165, 1.54) is 0 Å². The fraction of sp³-hybridized carbons (Fsp3) is 0. The summed E-state index contributed by atoms with van der Waals surface area (Å²) in [6, 6.07) is 0. The SMILES string of the molecule is O.O=S(=O)([O-])[O-].[V+2]. The zero-order chi connectivity index (χ0) is 4.50. The summed E-state index contributed by atoms with van der Waals surface area (Å²) in [6.07, 6.45) is 0. The quantitative estimate of drug-likeness (QED) is 0.300. The normalized spacial score (nSPS) is 8.29. The van der Waals surface area contributed by atoms with Gasteiger partial charge in [-0.05, 0) is 0 Å². The van der Waals surface area contributed by atoms with Crippen LogP contribution < -0.4 is 0 Å². The molecule has 5 nitrogen and oxygen atoms in total. The van der Waals surface area contributed by atoms with Crippen LogP contribution >= 0.6 is 0 Å². The molecular weight excluding hydrogens is 163 g/mol. The molecule has 1 radical (unpaired) electrons. The Morgan fingerprint density at radius 1 is 1.14 bits per heavy atom. The largest absolute Gasteiger partial charge is 2.00 e. The minimum absolute atomic E-state index is 0. The molecule has 0 rings (SSSR count). The molecule has 2 N–H and O–H groups in total. The molecule has 7 heteroatoms. The zero-order valence-corrected chi connectivity index (χ0v) is 5.20. The Kier molecular flexibility index (Phi) is 10.2. The van der Waals surface area contributed by atoms with Crippen molar-refractivity contribution in [2.45, 2.75) is 0 Å². The van der Waals surface area contributed by atoms with Crippen LogP contribution in [0.25, 0.3) is 0 Å². The molecular formula is H2O5SV. The molecule has 0 heterocycles. The predicted molar refractivity (Wildman–Crippen MR) is 14.1 cm³/mol. The molecule has 0 saturated carbocycles. The molecule has 0 spiro atoms. The summed E-state index contributed by atoms with van der Waals surface area (Å²) in [5.41, 5.74) is 0. The van der Waals surface area contributed by atoms with Crippen molar-refractivity contribution in [3.8, 4) is 0 Å². The van der Waals surface area contributed by atoms with Crippen LogP contribution in [0.3, 0.4) is 0 Å². The van der Waals surface area contributed by atoms with Crippen LogP contribution in [-0.4, -0.2) is 23.0 Å². The summed E-state index contributed by atoms with van der Waals surface area (Å²) in [4.78, 5) is 0. The zero-order valence-electron chi connectivity index (χ0n) is 2.99. The van der Waals surface area contributed by atoms with Crippen molar-refractivity contribution in [2.24, 2.45) is 0 Å². The molecule has 0 aromatic carbocycles. The van der Waals surface area contributed by atoms with E-state index in [-0.39, 0.29) is 24.0 Å². The maximum absolute atomic E-state index is 8.52. The molecule has 0 atom stereocenters. The fourth-order valence-corrected chi connectivity index (χ4v) is 0. The fourth-order valence-electron chi connectivity index (χ4n) is 0. The topological polar surface area (TPSA) is 112 Å². The van der Waals surface area contributed by atoms with Gasteiger partial charge in [0.05, 0.1) is 0 Å². The van der Waals surface area contributed by atoms with E-state index < -0.39 is 10.4 Å². The first-order valence-corrected chi connectivity index (χ1v) is 2.00. The van der Waals surface area contributed by atoms with E-state index in [1.54, 1.807) is 0 Å². The van der Waals surface area contributed by atoms with Gasteiger partial charge < -0.3 is 14.6 Å².